The fraction of sp³-hybridized carbons (Fsp3) is 0.250. The van der Waals surface area contributed by atoms with Crippen LogP contribution >= 0.6 is 0 Å². The predicted molar refractivity (Wildman–Crippen MR) is 96.0 cm³/mol. The van der Waals surface area contributed by atoms with Gasteiger partial charge in [-0.3, -0.25) is 4.79 Å². The molecule has 28 heavy (non-hydrogen) atoms. The Balaban J connectivity index is 1.76. The van der Waals surface area contributed by atoms with E-state index < -0.39 is 6.36 Å². The predicted octanol–water partition coefficient (Wildman–Crippen LogP) is 4.16. The minimum atomic E-state index is -4.74. The number of hydrogen-bond donors (Lipinski definition) is 0. The van der Waals surface area contributed by atoms with Gasteiger partial charge in [-0.25, -0.2) is 0 Å². The Morgan fingerprint density at radius 3 is 2.29 bits per heavy atom. The highest BCUT2D eigenvalue weighted by atomic mass is 19.4. The minimum absolute atomic E-state index is 0.141. The zero-order valence-electron chi connectivity index (χ0n) is 15.2. The first-order valence-electron chi connectivity index (χ1n) is 8.36. The van der Waals surface area contributed by atoms with Crippen molar-refractivity contribution in [2.45, 2.75) is 19.3 Å². The Labute approximate surface area is 159 Å². The minimum Gasteiger partial charge on any atom is -0.493 e. The quantitative estimate of drug-likeness (QED) is 0.766. The number of carbonyl (C=O) groups excluding carboxylic acids is 1. The van der Waals surface area contributed by atoms with Crippen LogP contribution in [0.5, 0.6) is 17.2 Å². The lowest BCUT2D eigenvalue weighted by Gasteiger charge is -2.17. The summed E-state index contributed by atoms with van der Waals surface area (Å²) in [5, 5.41) is 0. The van der Waals surface area contributed by atoms with Crippen LogP contribution < -0.4 is 14.2 Å². The molecule has 8 heteroatoms. The third-order valence-electron chi connectivity index (χ3n) is 4.25. The maximum Gasteiger partial charge on any atom is 0.573 e. The lowest BCUT2D eigenvalue weighted by Crippen LogP contribution is -2.25. The molecule has 1 aliphatic rings. The fourth-order valence-corrected chi connectivity index (χ4v) is 2.90. The van der Waals surface area contributed by atoms with Crippen molar-refractivity contribution in [3.8, 4) is 17.2 Å². The molecule has 0 aliphatic carbocycles. The number of rotatable bonds is 5. The Morgan fingerprint density at radius 2 is 1.68 bits per heavy atom. The molecule has 1 aliphatic heterocycles. The zero-order chi connectivity index (χ0) is 20.3. The standard InChI is InChI=1S/C20H18F3NO4/c1-26-17-9-14-7-8-24(19(25)11-15(14)10-18(17)27-2)12-13-3-5-16(6-4-13)28-20(21,22)23/h3-10H,11-12H2,1-2H3. The molecule has 0 unspecified atom stereocenters. The normalized spacial score (nSPS) is 13.8. The molecule has 0 spiro atoms. The highest BCUT2D eigenvalue weighted by Gasteiger charge is 2.31. The second kappa shape index (κ2) is 7.84. The van der Waals surface area contributed by atoms with Crippen LogP contribution in [-0.2, 0) is 17.8 Å². The molecule has 2 aromatic carbocycles. The van der Waals surface area contributed by atoms with Crippen molar-refractivity contribution in [2.24, 2.45) is 0 Å². The first kappa shape index (κ1) is 19.6. The molecule has 1 amide bonds. The third kappa shape index (κ3) is 4.57. The van der Waals surface area contributed by atoms with Gasteiger partial charge in [0.15, 0.2) is 11.5 Å². The van der Waals surface area contributed by atoms with Gasteiger partial charge in [-0.1, -0.05) is 12.1 Å². The topological polar surface area (TPSA) is 48.0 Å². The largest absolute Gasteiger partial charge is 0.573 e. The monoisotopic (exact) mass is 393 g/mol. The highest BCUT2D eigenvalue weighted by molar-refractivity contribution is 5.84. The van der Waals surface area contributed by atoms with Crippen molar-refractivity contribution in [2.75, 3.05) is 14.2 Å². The van der Waals surface area contributed by atoms with Crippen LogP contribution in [0.25, 0.3) is 6.08 Å². The van der Waals surface area contributed by atoms with Gasteiger partial charge in [-0.2, -0.15) is 0 Å². The number of amides is 1. The van der Waals surface area contributed by atoms with E-state index in [-0.39, 0.29) is 24.6 Å². The number of benzene rings is 2. The number of carbonyl (C=O) groups is 1. The number of ether oxygens (including phenoxy) is 3. The van der Waals surface area contributed by atoms with E-state index in [1.807, 2.05) is 0 Å². The molecular weight excluding hydrogens is 375 g/mol. The van der Waals surface area contributed by atoms with Crippen molar-refractivity contribution in [1.82, 2.24) is 4.90 Å². The Morgan fingerprint density at radius 1 is 1.04 bits per heavy atom. The maximum absolute atomic E-state index is 12.6. The van der Waals surface area contributed by atoms with E-state index in [0.29, 0.717) is 17.1 Å². The zero-order valence-corrected chi connectivity index (χ0v) is 15.2. The van der Waals surface area contributed by atoms with E-state index in [2.05, 4.69) is 4.74 Å². The van der Waals surface area contributed by atoms with Crippen molar-refractivity contribution in [1.29, 1.82) is 0 Å². The molecule has 0 aromatic heterocycles. The summed E-state index contributed by atoms with van der Waals surface area (Å²) in [6, 6.07) is 8.99. The first-order chi connectivity index (χ1) is 13.3. The number of nitrogens with zero attached hydrogens (tertiary/aromatic N) is 1. The molecule has 0 N–H and O–H groups in total. The molecule has 0 atom stereocenters. The smallest absolute Gasteiger partial charge is 0.493 e. The molecule has 0 saturated heterocycles. The number of halogens is 3. The van der Waals surface area contributed by atoms with E-state index in [1.54, 1.807) is 24.4 Å². The molecular formula is C20H18F3NO4. The average molecular weight is 393 g/mol. The summed E-state index contributed by atoms with van der Waals surface area (Å²) >= 11 is 0. The summed E-state index contributed by atoms with van der Waals surface area (Å²) in [7, 11) is 3.06. The molecule has 3 rings (SSSR count). The van der Waals surface area contributed by atoms with Crippen LogP contribution in [0.3, 0.4) is 0 Å². The first-order valence-corrected chi connectivity index (χ1v) is 8.36. The average Bonchev–Trinajstić information content (AvgIpc) is 2.79. The van der Waals surface area contributed by atoms with Gasteiger partial charge in [0, 0.05) is 6.20 Å². The fourth-order valence-electron chi connectivity index (χ4n) is 2.90. The van der Waals surface area contributed by atoms with Gasteiger partial charge in [0.05, 0.1) is 27.2 Å². The maximum atomic E-state index is 12.6. The van der Waals surface area contributed by atoms with Crippen LogP contribution in [0.4, 0.5) is 13.2 Å². The van der Waals surface area contributed by atoms with Crippen LogP contribution in [0.1, 0.15) is 16.7 Å². The number of methoxy groups -OCH3 is 2. The molecule has 0 fully saturated rings. The SMILES string of the molecule is COc1cc2c(cc1OC)CC(=O)N(Cc1ccc(OC(F)(F)F)cc1)C=C2. The van der Waals surface area contributed by atoms with Gasteiger partial charge < -0.3 is 19.1 Å². The van der Waals surface area contributed by atoms with Crippen molar-refractivity contribution in [3.63, 3.8) is 0 Å². The van der Waals surface area contributed by atoms with E-state index in [1.165, 1.54) is 43.4 Å². The molecule has 0 radical (unpaired) electrons. The third-order valence-corrected chi connectivity index (χ3v) is 4.25. The summed E-state index contributed by atoms with van der Waals surface area (Å²) in [6.07, 6.45) is -1.12. The number of fused-ring (bicyclic) bond motifs is 1. The molecule has 2 aromatic rings. The van der Waals surface area contributed by atoms with E-state index in [4.69, 9.17) is 9.47 Å². The number of hydrogen-bond acceptors (Lipinski definition) is 4. The molecule has 0 saturated carbocycles. The van der Waals surface area contributed by atoms with Gasteiger partial charge >= 0.3 is 6.36 Å². The van der Waals surface area contributed by atoms with Crippen molar-refractivity contribution in [3.05, 3.63) is 59.3 Å². The van der Waals surface area contributed by atoms with E-state index in [0.717, 1.165) is 11.1 Å². The summed E-state index contributed by atoms with van der Waals surface area (Å²) in [5.74, 6) is 0.654. The Kier molecular flexibility index (Phi) is 5.48. The summed E-state index contributed by atoms with van der Waals surface area (Å²) < 4.78 is 51.2. The van der Waals surface area contributed by atoms with Gasteiger partial charge in [-0.15, -0.1) is 13.2 Å². The molecule has 0 bridgehead atoms. The van der Waals surface area contributed by atoms with Crippen LogP contribution in [0.2, 0.25) is 0 Å². The van der Waals surface area contributed by atoms with E-state index >= 15 is 0 Å². The van der Waals surface area contributed by atoms with Gasteiger partial charge in [0.2, 0.25) is 5.91 Å². The second-order valence-electron chi connectivity index (χ2n) is 6.11. The van der Waals surface area contributed by atoms with Crippen LogP contribution in [-0.4, -0.2) is 31.4 Å². The Bertz CT molecular complexity index is 892. The molecule has 148 valence electrons. The Hall–Kier alpha value is -3.16. The highest BCUT2D eigenvalue weighted by Crippen LogP contribution is 2.33. The van der Waals surface area contributed by atoms with Crippen molar-refractivity contribution >= 4 is 12.0 Å². The lowest BCUT2D eigenvalue weighted by atomic mass is 10.0. The van der Waals surface area contributed by atoms with E-state index in [9.17, 15) is 18.0 Å². The molecule has 5 nitrogen and oxygen atoms in total. The van der Waals surface area contributed by atoms with Crippen LogP contribution in [0.15, 0.2) is 42.6 Å². The number of alkyl halides is 3. The summed E-state index contributed by atoms with van der Waals surface area (Å²) in [6.45, 7) is 0.226. The van der Waals surface area contributed by atoms with Gasteiger partial charge in [0.1, 0.15) is 5.75 Å². The van der Waals surface area contributed by atoms with Crippen LogP contribution in [0, 0.1) is 0 Å². The second-order valence-corrected chi connectivity index (χ2v) is 6.11. The summed E-state index contributed by atoms with van der Waals surface area (Å²) in [4.78, 5) is 14.1. The van der Waals surface area contributed by atoms with Gasteiger partial charge in [-0.05, 0) is 47.0 Å². The van der Waals surface area contributed by atoms with Gasteiger partial charge in [0.25, 0.3) is 0 Å². The molecule has 1 heterocycles. The van der Waals surface area contributed by atoms with Crippen molar-refractivity contribution < 1.29 is 32.2 Å². The lowest BCUT2D eigenvalue weighted by molar-refractivity contribution is -0.274. The summed E-state index contributed by atoms with van der Waals surface area (Å²) in [5.41, 5.74) is 2.31.